The first-order chi connectivity index (χ1) is 5.27. The van der Waals surface area contributed by atoms with Crippen LogP contribution in [0.5, 0.6) is 0 Å². The first-order valence-corrected chi connectivity index (χ1v) is 3.96. The summed E-state index contributed by atoms with van der Waals surface area (Å²) in [6.45, 7) is 5.28. The molecule has 1 aromatic rings. The van der Waals surface area contributed by atoms with Crippen molar-refractivity contribution < 1.29 is 26.8 Å². The molecule has 0 aliphatic carbocycles. The van der Waals surface area contributed by atoms with Crippen molar-refractivity contribution >= 4 is 0 Å². The summed E-state index contributed by atoms with van der Waals surface area (Å²) in [7, 11) is 0. The number of aliphatic hydroxyl groups is 1. The number of H-pyrrole nitrogens is 1. The number of nitrogens with one attached hydrogen (secondary N) is 1. The fourth-order valence-corrected chi connectivity index (χ4v) is 1.15. The Morgan fingerprint density at radius 1 is 1.58 bits per heavy atom. The molecule has 0 aliphatic heterocycles. The van der Waals surface area contributed by atoms with E-state index < -0.39 is 0 Å². The van der Waals surface area contributed by atoms with E-state index in [2.05, 4.69) is 12.0 Å². The van der Waals surface area contributed by atoms with E-state index in [0.29, 0.717) is 0 Å². The van der Waals surface area contributed by atoms with Crippen molar-refractivity contribution in [2.24, 2.45) is 0 Å². The third-order valence-electron chi connectivity index (χ3n) is 1.83. The summed E-state index contributed by atoms with van der Waals surface area (Å²) in [6, 6.07) is 0. The zero-order valence-electron chi connectivity index (χ0n) is 7.47. The van der Waals surface area contributed by atoms with Crippen LogP contribution >= 0.6 is 0 Å². The van der Waals surface area contributed by atoms with Gasteiger partial charge in [-0.2, -0.15) is 5.10 Å². The van der Waals surface area contributed by atoms with Crippen molar-refractivity contribution in [3.63, 3.8) is 0 Å². The molecule has 12 heavy (non-hydrogen) atoms. The van der Waals surface area contributed by atoms with Crippen LogP contribution in [0.3, 0.4) is 0 Å². The number of halogens is 1. The average Bonchev–Trinajstić information content (AvgIpc) is 2.33. The second kappa shape index (κ2) is 5.32. The summed E-state index contributed by atoms with van der Waals surface area (Å²) in [6.07, 6.45) is 2.79. The molecule has 0 saturated heterocycles. The van der Waals surface area contributed by atoms with Crippen LogP contribution in [0.25, 0.3) is 0 Å². The largest absolute Gasteiger partial charge is 1.00 e. The average molecular weight is 235 g/mol. The number of aromatic nitrogens is 2. The third-order valence-corrected chi connectivity index (χ3v) is 1.83. The van der Waals surface area contributed by atoms with Crippen LogP contribution in [0.15, 0.2) is 6.20 Å². The van der Waals surface area contributed by atoms with Crippen LogP contribution in [-0.2, 0) is 13.0 Å². The van der Waals surface area contributed by atoms with Gasteiger partial charge in [0.05, 0.1) is 5.69 Å². The van der Waals surface area contributed by atoms with Crippen molar-refractivity contribution in [3.8, 4) is 0 Å². The van der Waals surface area contributed by atoms with Crippen LogP contribution < -0.4 is 21.7 Å². The highest BCUT2D eigenvalue weighted by molar-refractivity contribution is 5.11. The molecule has 0 aromatic carbocycles. The minimum absolute atomic E-state index is 0. The molecule has 70 valence electrons. The van der Waals surface area contributed by atoms with E-state index in [-0.39, 0.29) is 23.6 Å². The number of nitrogens with zero attached hydrogens (tertiary/aromatic N) is 1. The maximum absolute atomic E-state index is 8.70. The molecule has 1 aromatic heterocycles. The zero-order chi connectivity index (χ0) is 8.27. The first-order valence-electron chi connectivity index (χ1n) is 3.96. The van der Waals surface area contributed by atoms with Gasteiger partial charge in [-0.3, -0.25) is 0 Å². The van der Waals surface area contributed by atoms with E-state index in [1.807, 2.05) is 17.8 Å². The molecule has 0 spiro atoms. The Hall–Kier alpha value is -0.350. The SMILES string of the molecule is CC[n+]1cc(CCO)c(C)[nH]1.[Br-]. The van der Waals surface area contributed by atoms with Crippen LogP contribution in [0, 0.1) is 6.92 Å². The van der Waals surface area contributed by atoms with Gasteiger partial charge >= 0.3 is 0 Å². The standard InChI is InChI=1S/C8H14N2O.BrH/c1-3-10-6-8(4-5-11)7(2)9-10;/h6,11H,3-5H2,1-2H3;1H. The molecule has 4 heteroatoms. The van der Waals surface area contributed by atoms with Crippen LogP contribution in [0.2, 0.25) is 0 Å². The topological polar surface area (TPSA) is 39.9 Å². The summed E-state index contributed by atoms with van der Waals surface area (Å²) in [5.74, 6) is 0. The second-order valence-corrected chi connectivity index (χ2v) is 2.65. The van der Waals surface area contributed by atoms with Crippen LogP contribution in [0.4, 0.5) is 0 Å². The van der Waals surface area contributed by atoms with Gasteiger partial charge in [-0.05, 0) is 13.8 Å². The molecular formula is C8H15BrN2O. The predicted molar refractivity (Wildman–Crippen MR) is 42.2 cm³/mol. The molecule has 2 N–H and O–H groups in total. The van der Waals surface area contributed by atoms with Gasteiger partial charge in [-0.15, -0.1) is 4.68 Å². The molecule has 0 unspecified atom stereocenters. The van der Waals surface area contributed by atoms with Gasteiger partial charge in [0.25, 0.3) is 0 Å². The highest BCUT2D eigenvalue weighted by Crippen LogP contribution is 2.01. The maximum atomic E-state index is 8.70. The minimum Gasteiger partial charge on any atom is -1.00 e. The van der Waals surface area contributed by atoms with Crippen LogP contribution in [0.1, 0.15) is 18.2 Å². The number of hydrogen-bond donors (Lipinski definition) is 2. The lowest BCUT2D eigenvalue weighted by atomic mass is 10.2. The lowest BCUT2D eigenvalue weighted by Gasteiger charge is -1.87. The van der Waals surface area contributed by atoms with Crippen molar-refractivity contribution in [3.05, 3.63) is 17.5 Å². The van der Waals surface area contributed by atoms with Gasteiger partial charge in [0.1, 0.15) is 0 Å². The molecule has 0 bridgehead atoms. The Kier molecular flexibility index (Phi) is 5.17. The molecule has 1 heterocycles. The normalized spacial score (nSPS) is 9.58. The Morgan fingerprint density at radius 3 is 2.67 bits per heavy atom. The molecule has 1 rings (SSSR count). The van der Waals surface area contributed by atoms with E-state index >= 15 is 0 Å². The van der Waals surface area contributed by atoms with E-state index in [1.54, 1.807) is 0 Å². The Labute approximate surface area is 83.2 Å². The lowest BCUT2D eigenvalue weighted by Crippen LogP contribution is -3.00. The third kappa shape index (κ3) is 2.60. The second-order valence-electron chi connectivity index (χ2n) is 2.65. The number of aliphatic hydroxyl groups excluding tert-OH is 1. The van der Waals surface area contributed by atoms with Gasteiger partial charge in [0.15, 0.2) is 12.7 Å². The number of hydrogen-bond acceptors (Lipinski definition) is 1. The summed E-state index contributed by atoms with van der Waals surface area (Å²) in [4.78, 5) is 0. The minimum atomic E-state index is 0. The molecule has 0 saturated carbocycles. The van der Waals surface area contributed by atoms with Gasteiger partial charge < -0.3 is 22.1 Å². The molecule has 3 nitrogen and oxygen atoms in total. The monoisotopic (exact) mass is 234 g/mol. The zero-order valence-corrected chi connectivity index (χ0v) is 9.06. The fraction of sp³-hybridized carbons (Fsp3) is 0.625. The predicted octanol–water partition coefficient (Wildman–Crippen LogP) is -2.83. The summed E-state index contributed by atoms with van der Waals surface area (Å²) in [5.41, 5.74) is 2.36. The van der Waals surface area contributed by atoms with Crippen molar-refractivity contribution in [2.45, 2.75) is 26.8 Å². The van der Waals surface area contributed by atoms with Gasteiger partial charge in [0, 0.05) is 18.6 Å². The quantitative estimate of drug-likeness (QED) is 0.545. The number of aromatic amines is 1. The Bertz CT molecular complexity index is 235. The van der Waals surface area contributed by atoms with Crippen LogP contribution in [-0.4, -0.2) is 16.8 Å². The van der Waals surface area contributed by atoms with E-state index in [9.17, 15) is 0 Å². The van der Waals surface area contributed by atoms with E-state index in [1.165, 1.54) is 5.56 Å². The van der Waals surface area contributed by atoms with E-state index in [4.69, 9.17) is 5.11 Å². The maximum Gasteiger partial charge on any atom is 0.198 e. The number of rotatable bonds is 3. The van der Waals surface area contributed by atoms with Gasteiger partial charge in [-0.1, -0.05) is 0 Å². The number of aryl methyl sites for hydroxylation is 2. The van der Waals surface area contributed by atoms with E-state index in [0.717, 1.165) is 18.7 Å². The molecule has 0 fully saturated rings. The molecule has 0 amide bonds. The van der Waals surface area contributed by atoms with Gasteiger partial charge in [-0.25, -0.2) is 0 Å². The lowest BCUT2D eigenvalue weighted by molar-refractivity contribution is -0.747. The highest BCUT2D eigenvalue weighted by Gasteiger charge is 2.07. The fourth-order valence-electron chi connectivity index (χ4n) is 1.15. The Balaban J connectivity index is 0.00000121. The highest BCUT2D eigenvalue weighted by atomic mass is 79.9. The first kappa shape index (κ1) is 11.6. The summed E-state index contributed by atoms with van der Waals surface area (Å²) >= 11 is 0. The molecular weight excluding hydrogens is 220 g/mol. The van der Waals surface area contributed by atoms with Crippen molar-refractivity contribution in [1.29, 1.82) is 0 Å². The van der Waals surface area contributed by atoms with Gasteiger partial charge in [0.2, 0.25) is 0 Å². The molecule has 0 aliphatic rings. The molecule has 0 radical (unpaired) electrons. The Morgan fingerprint density at radius 2 is 2.25 bits per heavy atom. The summed E-state index contributed by atoms with van der Waals surface area (Å²) < 4.78 is 2.01. The summed E-state index contributed by atoms with van der Waals surface area (Å²) in [5, 5.41) is 11.9. The van der Waals surface area contributed by atoms with Crippen molar-refractivity contribution in [1.82, 2.24) is 5.10 Å². The van der Waals surface area contributed by atoms with Crippen molar-refractivity contribution in [2.75, 3.05) is 6.61 Å². The molecule has 0 atom stereocenters. The smallest absolute Gasteiger partial charge is 0.198 e.